The van der Waals surface area contributed by atoms with Crippen LogP contribution in [0, 0.1) is 5.92 Å². The minimum absolute atomic E-state index is 0.107. The van der Waals surface area contributed by atoms with Crippen LogP contribution in [0.1, 0.15) is 19.3 Å². The highest BCUT2D eigenvalue weighted by atomic mass is 19.4. The maximum Gasteiger partial charge on any atom is 0.393 e. The topological polar surface area (TPSA) is 51.0 Å². The van der Waals surface area contributed by atoms with Crippen LogP contribution in [0.25, 0.3) is 0 Å². The molecular weight excluding hydrogens is 261 g/mol. The van der Waals surface area contributed by atoms with Gasteiger partial charge in [-0.05, 0) is 12.8 Å². The van der Waals surface area contributed by atoms with E-state index < -0.39 is 12.1 Å². The third kappa shape index (κ3) is 3.68. The van der Waals surface area contributed by atoms with E-state index in [-0.39, 0.29) is 25.3 Å². The van der Waals surface area contributed by atoms with Gasteiger partial charge in [-0.3, -0.25) is 9.48 Å². The lowest BCUT2D eigenvalue weighted by Gasteiger charge is -2.33. The van der Waals surface area contributed by atoms with Crippen molar-refractivity contribution in [3.05, 3.63) is 12.7 Å². The molecule has 2 rings (SSSR count). The lowest BCUT2D eigenvalue weighted by atomic mass is 9.97. The number of carbonyl (C=O) groups excluding carboxylic acids is 1. The highest BCUT2D eigenvalue weighted by molar-refractivity contribution is 5.76. The first kappa shape index (κ1) is 13.8. The van der Waals surface area contributed by atoms with Gasteiger partial charge in [0.1, 0.15) is 12.7 Å². The summed E-state index contributed by atoms with van der Waals surface area (Å²) in [6.45, 7) is 0.522. The van der Waals surface area contributed by atoms with Crippen LogP contribution < -0.4 is 0 Å². The first-order chi connectivity index (χ1) is 8.97. The molecule has 5 nitrogen and oxygen atoms in total. The summed E-state index contributed by atoms with van der Waals surface area (Å²) in [5.41, 5.74) is 0. The summed E-state index contributed by atoms with van der Waals surface area (Å²) in [5, 5.41) is 3.84. The summed E-state index contributed by atoms with van der Waals surface area (Å²) >= 11 is 0. The Morgan fingerprint density at radius 1 is 1.42 bits per heavy atom. The smallest absolute Gasteiger partial charge is 0.342 e. The number of aromatic nitrogens is 3. The van der Waals surface area contributed by atoms with Gasteiger partial charge in [0.25, 0.3) is 0 Å². The maximum absolute atomic E-state index is 12.6. The number of rotatable bonds is 3. The lowest BCUT2D eigenvalue weighted by molar-refractivity contribution is -0.188. The van der Waals surface area contributed by atoms with Gasteiger partial charge in [0.2, 0.25) is 5.91 Å². The number of alkyl halides is 3. The Hall–Kier alpha value is -1.60. The first-order valence-electron chi connectivity index (χ1n) is 6.13. The molecule has 0 N–H and O–H groups in total. The van der Waals surface area contributed by atoms with Crippen LogP contribution in [0.5, 0.6) is 0 Å². The number of aryl methyl sites for hydroxylation is 1. The number of amides is 1. The van der Waals surface area contributed by atoms with Gasteiger partial charge in [-0.25, -0.2) is 4.98 Å². The molecule has 1 aromatic heterocycles. The molecule has 2 heterocycles. The van der Waals surface area contributed by atoms with E-state index >= 15 is 0 Å². The molecule has 0 radical (unpaired) electrons. The Labute approximate surface area is 108 Å². The van der Waals surface area contributed by atoms with E-state index in [2.05, 4.69) is 10.1 Å². The quantitative estimate of drug-likeness (QED) is 0.840. The second kappa shape index (κ2) is 5.58. The van der Waals surface area contributed by atoms with Gasteiger partial charge >= 0.3 is 6.18 Å². The molecule has 106 valence electrons. The van der Waals surface area contributed by atoms with Crippen molar-refractivity contribution in [3.8, 4) is 0 Å². The number of piperidine rings is 1. The zero-order chi connectivity index (χ0) is 13.9. The summed E-state index contributed by atoms with van der Waals surface area (Å²) in [5.74, 6) is -1.65. The van der Waals surface area contributed by atoms with Gasteiger partial charge in [-0.2, -0.15) is 18.3 Å². The van der Waals surface area contributed by atoms with Crippen LogP contribution >= 0.6 is 0 Å². The molecule has 0 saturated carbocycles. The maximum atomic E-state index is 12.6. The number of carbonyl (C=O) groups is 1. The molecule has 1 saturated heterocycles. The van der Waals surface area contributed by atoms with E-state index in [9.17, 15) is 18.0 Å². The molecule has 1 aliphatic heterocycles. The zero-order valence-electron chi connectivity index (χ0n) is 10.3. The highest BCUT2D eigenvalue weighted by Crippen LogP contribution is 2.33. The van der Waals surface area contributed by atoms with Crippen LogP contribution in [0.15, 0.2) is 12.7 Å². The highest BCUT2D eigenvalue weighted by Gasteiger charge is 2.42. The molecule has 1 amide bonds. The fourth-order valence-electron chi connectivity index (χ4n) is 2.19. The number of halogens is 3. The van der Waals surface area contributed by atoms with Crippen LogP contribution in [0.4, 0.5) is 13.2 Å². The van der Waals surface area contributed by atoms with Crippen LogP contribution in [-0.2, 0) is 11.3 Å². The van der Waals surface area contributed by atoms with Crippen molar-refractivity contribution < 1.29 is 18.0 Å². The van der Waals surface area contributed by atoms with E-state index in [1.807, 2.05) is 0 Å². The molecule has 1 aliphatic rings. The molecule has 0 spiro atoms. The van der Waals surface area contributed by atoms with E-state index in [0.717, 1.165) is 0 Å². The molecule has 19 heavy (non-hydrogen) atoms. The summed E-state index contributed by atoms with van der Waals surface area (Å²) in [6.07, 6.45) is -0.735. The Morgan fingerprint density at radius 3 is 2.84 bits per heavy atom. The standard InChI is InChI=1S/C11H15F3N4O/c12-11(13,14)9-2-1-4-17(6-9)10(19)3-5-18-8-15-7-16-18/h7-9H,1-6H2/t9-/m0/s1. The van der Waals surface area contributed by atoms with Crippen molar-refractivity contribution in [1.82, 2.24) is 19.7 Å². The Morgan fingerprint density at radius 2 is 2.21 bits per heavy atom. The summed E-state index contributed by atoms with van der Waals surface area (Å²) in [6, 6.07) is 0. The van der Waals surface area contributed by atoms with Crippen molar-refractivity contribution in [2.75, 3.05) is 13.1 Å². The van der Waals surface area contributed by atoms with Gasteiger partial charge in [0, 0.05) is 19.5 Å². The fraction of sp³-hybridized carbons (Fsp3) is 0.727. The molecule has 1 aromatic rings. The van der Waals surface area contributed by atoms with Gasteiger partial charge in [0.05, 0.1) is 12.5 Å². The normalized spacial score (nSPS) is 20.6. The van der Waals surface area contributed by atoms with E-state index in [4.69, 9.17) is 0 Å². The fourth-order valence-corrected chi connectivity index (χ4v) is 2.19. The summed E-state index contributed by atoms with van der Waals surface area (Å²) < 4.78 is 39.4. The molecule has 8 heteroatoms. The Kier molecular flexibility index (Phi) is 4.06. The molecule has 0 bridgehead atoms. The van der Waals surface area contributed by atoms with E-state index in [0.29, 0.717) is 19.5 Å². The SMILES string of the molecule is O=C(CCn1cncn1)N1CCC[C@H](C(F)(F)F)C1. The van der Waals surface area contributed by atoms with Crippen molar-refractivity contribution >= 4 is 5.91 Å². The second-order valence-electron chi connectivity index (χ2n) is 4.63. The second-order valence-corrected chi connectivity index (χ2v) is 4.63. The Bertz CT molecular complexity index is 418. The predicted octanol–water partition coefficient (Wildman–Crippen LogP) is 1.47. The van der Waals surface area contributed by atoms with Crippen molar-refractivity contribution in [2.45, 2.75) is 32.0 Å². The van der Waals surface area contributed by atoms with Gasteiger partial charge in [-0.1, -0.05) is 0 Å². The van der Waals surface area contributed by atoms with Gasteiger partial charge < -0.3 is 4.90 Å². The predicted molar refractivity (Wildman–Crippen MR) is 60.0 cm³/mol. The molecule has 1 fully saturated rings. The van der Waals surface area contributed by atoms with Crippen molar-refractivity contribution in [1.29, 1.82) is 0 Å². The number of hydrogen-bond acceptors (Lipinski definition) is 3. The molecule has 1 atom stereocenters. The van der Waals surface area contributed by atoms with E-state index in [1.54, 1.807) is 0 Å². The molecule has 0 aromatic carbocycles. The zero-order valence-corrected chi connectivity index (χ0v) is 10.3. The number of hydrogen-bond donors (Lipinski definition) is 0. The largest absolute Gasteiger partial charge is 0.393 e. The summed E-state index contributed by atoms with van der Waals surface area (Å²) in [4.78, 5) is 16.9. The van der Waals surface area contributed by atoms with E-state index in [1.165, 1.54) is 22.2 Å². The minimum atomic E-state index is -4.22. The number of nitrogens with zero attached hydrogens (tertiary/aromatic N) is 4. The van der Waals surface area contributed by atoms with Gasteiger partial charge in [-0.15, -0.1) is 0 Å². The van der Waals surface area contributed by atoms with Crippen LogP contribution in [0.2, 0.25) is 0 Å². The molecule has 0 unspecified atom stereocenters. The first-order valence-corrected chi connectivity index (χ1v) is 6.13. The van der Waals surface area contributed by atoms with Crippen LogP contribution in [0.3, 0.4) is 0 Å². The van der Waals surface area contributed by atoms with Gasteiger partial charge in [0.15, 0.2) is 0 Å². The average Bonchev–Trinajstić information content (AvgIpc) is 2.88. The van der Waals surface area contributed by atoms with Crippen molar-refractivity contribution in [3.63, 3.8) is 0 Å². The lowest BCUT2D eigenvalue weighted by Crippen LogP contribution is -2.44. The van der Waals surface area contributed by atoms with Crippen molar-refractivity contribution in [2.24, 2.45) is 5.92 Å². The van der Waals surface area contributed by atoms with Crippen LogP contribution in [-0.4, -0.2) is 44.8 Å². The minimum Gasteiger partial charge on any atom is -0.342 e. The third-order valence-electron chi connectivity index (χ3n) is 3.26. The molecule has 0 aliphatic carbocycles. The third-order valence-corrected chi connectivity index (χ3v) is 3.26. The Balaban J connectivity index is 1.85. The average molecular weight is 276 g/mol. The number of likely N-dealkylation sites (tertiary alicyclic amines) is 1. The monoisotopic (exact) mass is 276 g/mol. The summed E-state index contributed by atoms with van der Waals surface area (Å²) in [7, 11) is 0. The molecular formula is C11H15F3N4O.